The van der Waals surface area contributed by atoms with E-state index in [-0.39, 0.29) is 0 Å². The van der Waals surface area contributed by atoms with E-state index in [1.54, 1.807) is 0 Å². The molecule has 1 heterocycles. The summed E-state index contributed by atoms with van der Waals surface area (Å²) in [7, 11) is 0. The van der Waals surface area contributed by atoms with Crippen LogP contribution in [0.5, 0.6) is 0 Å². The van der Waals surface area contributed by atoms with E-state index in [4.69, 9.17) is 0 Å². The Bertz CT molecular complexity index is 236. The van der Waals surface area contributed by atoms with Gasteiger partial charge in [-0.1, -0.05) is 37.6 Å². The maximum atomic E-state index is 4.03. The van der Waals surface area contributed by atoms with Crippen LogP contribution in [-0.2, 0) is 6.54 Å². The lowest BCUT2D eigenvalue weighted by Crippen LogP contribution is -2.28. The molecule has 0 fully saturated rings. The van der Waals surface area contributed by atoms with Crippen LogP contribution in [0.3, 0.4) is 0 Å². The van der Waals surface area contributed by atoms with Crippen molar-refractivity contribution in [3.05, 3.63) is 11.1 Å². The Morgan fingerprint density at radius 1 is 1.33 bits per heavy atom. The lowest BCUT2D eigenvalue weighted by atomic mass is 10.1. The van der Waals surface area contributed by atoms with Gasteiger partial charge in [0.15, 0.2) is 0 Å². The van der Waals surface area contributed by atoms with Gasteiger partial charge in [0.2, 0.25) is 0 Å². The van der Waals surface area contributed by atoms with E-state index < -0.39 is 0 Å². The molecule has 0 saturated carbocycles. The van der Waals surface area contributed by atoms with Gasteiger partial charge in [-0.05, 0) is 24.4 Å². The van der Waals surface area contributed by atoms with Crippen molar-refractivity contribution < 1.29 is 0 Å². The van der Waals surface area contributed by atoms with Crippen molar-refractivity contribution in [2.75, 3.05) is 0 Å². The van der Waals surface area contributed by atoms with Crippen molar-refractivity contribution in [1.82, 2.24) is 14.9 Å². The second kappa shape index (κ2) is 7.77. The van der Waals surface area contributed by atoms with Gasteiger partial charge in [-0.25, -0.2) is 0 Å². The van der Waals surface area contributed by atoms with Gasteiger partial charge in [-0.2, -0.15) is 0 Å². The van der Waals surface area contributed by atoms with Crippen molar-refractivity contribution in [3.63, 3.8) is 0 Å². The minimum atomic E-state index is 0.650. The normalized spacial score (nSPS) is 12.9. The van der Waals surface area contributed by atoms with E-state index >= 15 is 0 Å². The molecule has 0 aliphatic heterocycles. The van der Waals surface area contributed by atoms with E-state index in [1.165, 1.54) is 43.6 Å². The molecule has 0 spiro atoms. The standard InChI is InChI=1S/C11H21N3S/c1-3-5-7-10(6-4-2)12-8-11-9-15-14-13-11/h9-10,12H,3-8H2,1-2H3. The smallest absolute Gasteiger partial charge is 0.0893 e. The largest absolute Gasteiger partial charge is 0.308 e. The van der Waals surface area contributed by atoms with Crippen LogP contribution >= 0.6 is 11.5 Å². The highest BCUT2D eigenvalue weighted by atomic mass is 32.1. The summed E-state index contributed by atoms with van der Waals surface area (Å²) in [5, 5.41) is 9.61. The van der Waals surface area contributed by atoms with Crippen LogP contribution in [0.25, 0.3) is 0 Å². The minimum Gasteiger partial charge on any atom is -0.308 e. The Balaban J connectivity index is 2.24. The van der Waals surface area contributed by atoms with Crippen molar-refractivity contribution in [2.24, 2.45) is 0 Å². The van der Waals surface area contributed by atoms with Crippen LogP contribution in [0.15, 0.2) is 5.38 Å². The van der Waals surface area contributed by atoms with Crippen molar-refractivity contribution in [1.29, 1.82) is 0 Å². The Morgan fingerprint density at radius 3 is 2.80 bits per heavy atom. The molecule has 0 radical (unpaired) electrons. The number of hydrogen-bond donors (Lipinski definition) is 1. The van der Waals surface area contributed by atoms with Gasteiger partial charge >= 0.3 is 0 Å². The lowest BCUT2D eigenvalue weighted by Gasteiger charge is -2.16. The quantitative estimate of drug-likeness (QED) is 0.742. The summed E-state index contributed by atoms with van der Waals surface area (Å²) >= 11 is 1.42. The summed E-state index contributed by atoms with van der Waals surface area (Å²) in [6.07, 6.45) is 6.38. The SMILES string of the molecule is CCCCC(CCC)NCc1csnn1. The van der Waals surface area contributed by atoms with Gasteiger partial charge in [0.05, 0.1) is 5.69 Å². The van der Waals surface area contributed by atoms with E-state index in [0.29, 0.717) is 6.04 Å². The first-order valence-electron chi connectivity index (χ1n) is 5.86. The fourth-order valence-corrected chi connectivity index (χ4v) is 2.11. The third-order valence-corrected chi connectivity index (χ3v) is 3.07. The van der Waals surface area contributed by atoms with Crippen LogP contribution in [0.4, 0.5) is 0 Å². The summed E-state index contributed by atoms with van der Waals surface area (Å²) in [5.74, 6) is 0. The second-order valence-corrected chi connectivity index (χ2v) is 4.51. The highest BCUT2D eigenvalue weighted by Crippen LogP contribution is 2.08. The molecule has 1 N–H and O–H groups in total. The van der Waals surface area contributed by atoms with E-state index in [1.807, 2.05) is 5.38 Å². The molecule has 3 nitrogen and oxygen atoms in total. The average molecular weight is 227 g/mol. The monoisotopic (exact) mass is 227 g/mol. The number of aromatic nitrogens is 2. The molecule has 4 heteroatoms. The first-order valence-corrected chi connectivity index (χ1v) is 6.69. The fraction of sp³-hybridized carbons (Fsp3) is 0.818. The fourth-order valence-electron chi connectivity index (χ4n) is 1.66. The summed E-state index contributed by atoms with van der Waals surface area (Å²) in [5.41, 5.74) is 1.07. The molecule has 15 heavy (non-hydrogen) atoms. The highest BCUT2D eigenvalue weighted by molar-refractivity contribution is 7.03. The molecule has 1 rings (SSSR count). The van der Waals surface area contributed by atoms with Gasteiger partial charge in [0.25, 0.3) is 0 Å². The Morgan fingerprint density at radius 2 is 2.20 bits per heavy atom. The maximum Gasteiger partial charge on any atom is 0.0893 e. The Labute approximate surface area is 96.5 Å². The zero-order valence-corrected chi connectivity index (χ0v) is 10.5. The third-order valence-electron chi connectivity index (χ3n) is 2.52. The average Bonchev–Trinajstić information content (AvgIpc) is 2.75. The molecule has 1 aromatic heterocycles. The molecule has 0 aliphatic carbocycles. The number of unbranched alkanes of at least 4 members (excludes halogenated alkanes) is 1. The van der Waals surface area contributed by atoms with Gasteiger partial charge in [-0.15, -0.1) is 5.10 Å². The lowest BCUT2D eigenvalue weighted by molar-refractivity contribution is 0.431. The van der Waals surface area contributed by atoms with Crippen LogP contribution in [-0.4, -0.2) is 15.6 Å². The third kappa shape index (κ3) is 5.23. The topological polar surface area (TPSA) is 37.8 Å². The molecule has 0 aliphatic rings. The van der Waals surface area contributed by atoms with Crippen LogP contribution in [0.2, 0.25) is 0 Å². The van der Waals surface area contributed by atoms with Gasteiger partial charge in [0, 0.05) is 18.0 Å². The second-order valence-electron chi connectivity index (χ2n) is 3.90. The maximum absolute atomic E-state index is 4.03. The zero-order valence-electron chi connectivity index (χ0n) is 9.70. The van der Waals surface area contributed by atoms with Crippen molar-refractivity contribution >= 4 is 11.5 Å². The van der Waals surface area contributed by atoms with Crippen LogP contribution < -0.4 is 5.32 Å². The molecule has 1 unspecified atom stereocenters. The van der Waals surface area contributed by atoms with E-state index in [9.17, 15) is 0 Å². The van der Waals surface area contributed by atoms with E-state index in [0.717, 1.165) is 12.2 Å². The highest BCUT2D eigenvalue weighted by Gasteiger charge is 2.07. The molecule has 1 aromatic rings. The molecule has 0 amide bonds. The predicted molar refractivity (Wildman–Crippen MR) is 65.0 cm³/mol. The summed E-state index contributed by atoms with van der Waals surface area (Å²) in [6.45, 7) is 5.35. The predicted octanol–water partition coefficient (Wildman–Crippen LogP) is 2.99. The molecule has 0 aromatic carbocycles. The van der Waals surface area contributed by atoms with E-state index in [2.05, 4.69) is 28.8 Å². The van der Waals surface area contributed by atoms with Gasteiger partial charge in [-0.3, -0.25) is 0 Å². The molecular formula is C11H21N3S. The molecular weight excluding hydrogens is 206 g/mol. The first kappa shape index (κ1) is 12.6. The zero-order chi connectivity index (χ0) is 10.9. The molecule has 86 valence electrons. The molecule has 1 atom stereocenters. The first-order chi connectivity index (χ1) is 7.36. The summed E-state index contributed by atoms with van der Waals surface area (Å²) < 4.78 is 3.86. The summed E-state index contributed by atoms with van der Waals surface area (Å²) in [6, 6.07) is 0.650. The molecule has 0 saturated heterocycles. The number of nitrogens with zero attached hydrogens (tertiary/aromatic N) is 2. The van der Waals surface area contributed by atoms with Crippen molar-refractivity contribution in [3.8, 4) is 0 Å². The number of nitrogens with one attached hydrogen (secondary N) is 1. The van der Waals surface area contributed by atoms with Gasteiger partial charge < -0.3 is 5.32 Å². The van der Waals surface area contributed by atoms with Crippen LogP contribution in [0.1, 0.15) is 51.6 Å². The van der Waals surface area contributed by atoms with Gasteiger partial charge in [0.1, 0.15) is 0 Å². The summed E-state index contributed by atoms with van der Waals surface area (Å²) in [4.78, 5) is 0. The minimum absolute atomic E-state index is 0.650. The number of rotatable bonds is 8. The van der Waals surface area contributed by atoms with Crippen LogP contribution in [0, 0.1) is 0 Å². The molecule has 0 bridgehead atoms. The number of hydrogen-bond acceptors (Lipinski definition) is 4. The van der Waals surface area contributed by atoms with Crippen molar-refractivity contribution in [2.45, 2.75) is 58.5 Å². The Hall–Kier alpha value is -0.480. The Kier molecular flexibility index (Phi) is 6.52.